The van der Waals surface area contributed by atoms with Crippen molar-refractivity contribution in [3.8, 4) is 0 Å². The number of rotatable bonds is 5. The molecular weight excluding hydrogens is 371 g/mol. The van der Waals surface area contributed by atoms with Crippen LogP contribution in [0.1, 0.15) is 33.1 Å². The summed E-state index contributed by atoms with van der Waals surface area (Å²) in [4.78, 5) is 2.56. The van der Waals surface area contributed by atoms with Crippen LogP contribution in [0.4, 0.5) is 5.69 Å². The largest absolute Gasteiger partial charge is 0.381 e. The maximum Gasteiger partial charge on any atom is 0.0835 e. The summed E-state index contributed by atoms with van der Waals surface area (Å²) < 4.78 is 0.834. The van der Waals surface area contributed by atoms with Gasteiger partial charge in [-0.3, -0.25) is 0 Å². The van der Waals surface area contributed by atoms with Gasteiger partial charge in [-0.25, -0.2) is 0 Å². The molecule has 0 bridgehead atoms. The van der Waals surface area contributed by atoms with Gasteiger partial charge in [0.25, 0.3) is 0 Å². The van der Waals surface area contributed by atoms with Crippen LogP contribution in [-0.2, 0) is 0 Å². The highest BCUT2D eigenvalue weighted by Crippen LogP contribution is 2.36. The van der Waals surface area contributed by atoms with Crippen LogP contribution in [0.5, 0.6) is 0 Å². The van der Waals surface area contributed by atoms with Gasteiger partial charge < -0.3 is 10.2 Å². The molecule has 0 radical (unpaired) electrons. The SMILES string of the molecule is CCCN1CCC(C(C)Nc2ccc(Br)c(Cl)c2Cl)CC1. The summed E-state index contributed by atoms with van der Waals surface area (Å²) in [6.07, 6.45) is 3.73. The van der Waals surface area contributed by atoms with Crippen molar-refractivity contribution in [2.75, 3.05) is 25.0 Å². The number of halogens is 3. The summed E-state index contributed by atoms with van der Waals surface area (Å²) in [6, 6.07) is 4.33. The second-order valence-corrected chi connectivity index (χ2v) is 7.45. The molecule has 1 atom stereocenters. The van der Waals surface area contributed by atoms with Crippen LogP contribution >= 0.6 is 39.1 Å². The third-order valence-electron chi connectivity index (χ3n) is 4.30. The molecule has 1 aromatic carbocycles. The van der Waals surface area contributed by atoms with Crippen molar-refractivity contribution >= 4 is 44.8 Å². The predicted molar refractivity (Wildman–Crippen MR) is 96.7 cm³/mol. The zero-order valence-electron chi connectivity index (χ0n) is 12.6. The van der Waals surface area contributed by atoms with E-state index < -0.39 is 0 Å². The predicted octanol–water partition coefficient (Wildman–Crippen LogP) is 5.68. The number of anilines is 1. The third kappa shape index (κ3) is 4.51. The molecule has 1 heterocycles. The van der Waals surface area contributed by atoms with Crippen LogP contribution in [0.2, 0.25) is 10.0 Å². The molecule has 2 nitrogen and oxygen atoms in total. The van der Waals surface area contributed by atoms with E-state index in [0.717, 1.165) is 10.2 Å². The summed E-state index contributed by atoms with van der Waals surface area (Å²) in [5, 5.41) is 4.71. The fourth-order valence-electron chi connectivity index (χ4n) is 2.99. The van der Waals surface area contributed by atoms with Crippen molar-refractivity contribution in [3.63, 3.8) is 0 Å². The molecule has 2 rings (SSSR count). The Bertz CT molecular complexity index is 474. The minimum atomic E-state index is 0.406. The molecule has 0 amide bonds. The molecule has 1 aliphatic heterocycles. The minimum absolute atomic E-state index is 0.406. The van der Waals surface area contributed by atoms with Gasteiger partial charge in [0.2, 0.25) is 0 Å². The minimum Gasteiger partial charge on any atom is -0.381 e. The Balaban J connectivity index is 1.93. The highest BCUT2D eigenvalue weighted by atomic mass is 79.9. The second kappa shape index (κ2) is 8.05. The van der Waals surface area contributed by atoms with Crippen LogP contribution in [0.3, 0.4) is 0 Å². The maximum atomic E-state index is 6.31. The molecule has 0 saturated carbocycles. The summed E-state index contributed by atoms with van der Waals surface area (Å²) in [7, 11) is 0. The molecule has 5 heteroatoms. The van der Waals surface area contributed by atoms with Crippen molar-refractivity contribution in [1.29, 1.82) is 0 Å². The molecule has 1 unspecified atom stereocenters. The monoisotopic (exact) mass is 392 g/mol. The Labute approximate surface area is 146 Å². The van der Waals surface area contributed by atoms with E-state index >= 15 is 0 Å². The van der Waals surface area contributed by atoms with Crippen molar-refractivity contribution in [2.24, 2.45) is 5.92 Å². The quantitative estimate of drug-likeness (QED) is 0.647. The molecule has 1 saturated heterocycles. The Morgan fingerprint density at radius 3 is 2.57 bits per heavy atom. The van der Waals surface area contributed by atoms with Crippen LogP contribution in [0.15, 0.2) is 16.6 Å². The first kappa shape index (κ1) is 17.4. The van der Waals surface area contributed by atoms with E-state index in [2.05, 4.69) is 40.0 Å². The molecule has 1 aromatic rings. The summed E-state index contributed by atoms with van der Waals surface area (Å²) in [5.41, 5.74) is 0.924. The molecule has 1 N–H and O–H groups in total. The fraction of sp³-hybridized carbons (Fsp3) is 0.625. The van der Waals surface area contributed by atoms with Crippen LogP contribution in [-0.4, -0.2) is 30.6 Å². The lowest BCUT2D eigenvalue weighted by molar-refractivity contribution is 0.176. The fourth-order valence-corrected chi connectivity index (χ4v) is 3.82. The third-order valence-corrected chi connectivity index (χ3v) is 6.07. The van der Waals surface area contributed by atoms with Gasteiger partial charge in [0.15, 0.2) is 0 Å². The lowest BCUT2D eigenvalue weighted by Crippen LogP contribution is -2.39. The average Bonchev–Trinajstić information content (AvgIpc) is 2.49. The molecule has 21 heavy (non-hydrogen) atoms. The Morgan fingerprint density at radius 1 is 1.29 bits per heavy atom. The van der Waals surface area contributed by atoms with E-state index in [1.807, 2.05) is 12.1 Å². The number of likely N-dealkylation sites (tertiary alicyclic amines) is 1. The Morgan fingerprint density at radius 2 is 1.95 bits per heavy atom. The first-order chi connectivity index (χ1) is 10.0. The smallest absolute Gasteiger partial charge is 0.0835 e. The molecule has 1 aliphatic rings. The highest BCUT2D eigenvalue weighted by molar-refractivity contribution is 9.10. The lowest BCUT2D eigenvalue weighted by Gasteiger charge is -2.35. The first-order valence-corrected chi connectivity index (χ1v) is 9.20. The first-order valence-electron chi connectivity index (χ1n) is 7.65. The van der Waals surface area contributed by atoms with E-state index in [0.29, 0.717) is 22.0 Å². The molecule has 0 spiro atoms. The number of hydrogen-bond donors (Lipinski definition) is 1. The lowest BCUT2D eigenvalue weighted by atomic mass is 9.90. The van der Waals surface area contributed by atoms with Crippen molar-refractivity contribution in [1.82, 2.24) is 4.90 Å². The van der Waals surface area contributed by atoms with E-state index in [-0.39, 0.29) is 0 Å². The van der Waals surface area contributed by atoms with Gasteiger partial charge in [-0.2, -0.15) is 0 Å². The standard InChI is InChI=1S/C16H23BrCl2N2/c1-3-8-21-9-6-12(7-10-21)11(2)20-14-5-4-13(17)15(18)16(14)19/h4-5,11-12,20H,3,6-10H2,1-2H3. The van der Waals surface area contributed by atoms with E-state index in [4.69, 9.17) is 23.2 Å². The van der Waals surface area contributed by atoms with Gasteiger partial charge in [0.1, 0.15) is 0 Å². The summed E-state index contributed by atoms with van der Waals surface area (Å²) >= 11 is 15.9. The van der Waals surface area contributed by atoms with Gasteiger partial charge in [-0.1, -0.05) is 30.1 Å². The number of hydrogen-bond acceptors (Lipinski definition) is 2. The van der Waals surface area contributed by atoms with E-state index in [1.54, 1.807) is 0 Å². The van der Waals surface area contributed by atoms with E-state index in [1.165, 1.54) is 38.9 Å². The number of piperidine rings is 1. The molecule has 118 valence electrons. The van der Waals surface area contributed by atoms with Crippen LogP contribution in [0, 0.1) is 5.92 Å². The molecular formula is C16H23BrCl2N2. The van der Waals surface area contributed by atoms with Crippen molar-refractivity contribution < 1.29 is 0 Å². The summed E-state index contributed by atoms with van der Waals surface area (Å²) in [5.74, 6) is 0.691. The second-order valence-electron chi connectivity index (χ2n) is 5.83. The normalized spacial score (nSPS) is 18.7. The van der Waals surface area contributed by atoms with Gasteiger partial charge in [-0.15, -0.1) is 0 Å². The Kier molecular flexibility index (Phi) is 6.67. The average molecular weight is 394 g/mol. The van der Waals surface area contributed by atoms with Gasteiger partial charge >= 0.3 is 0 Å². The Hall–Kier alpha value is 0.0400. The zero-order valence-corrected chi connectivity index (χ0v) is 15.7. The van der Waals surface area contributed by atoms with Crippen molar-refractivity contribution in [2.45, 2.75) is 39.2 Å². The number of nitrogens with zero attached hydrogens (tertiary/aromatic N) is 1. The maximum absolute atomic E-state index is 6.31. The topological polar surface area (TPSA) is 15.3 Å². The number of benzene rings is 1. The van der Waals surface area contributed by atoms with Crippen LogP contribution < -0.4 is 5.32 Å². The van der Waals surface area contributed by atoms with Crippen LogP contribution in [0.25, 0.3) is 0 Å². The van der Waals surface area contributed by atoms with Gasteiger partial charge in [0.05, 0.1) is 15.7 Å². The summed E-state index contributed by atoms with van der Waals surface area (Å²) in [6.45, 7) is 8.13. The molecule has 0 aliphatic carbocycles. The number of nitrogens with one attached hydrogen (secondary N) is 1. The highest BCUT2D eigenvalue weighted by Gasteiger charge is 2.24. The molecule has 0 aromatic heterocycles. The van der Waals surface area contributed by atoms with Gasteiger partial charge in [0, 0.05) is 10.5 Å². The van der Waals surface area contributed by atoms with Gasteiger partial charge in [-0.05, 0) is 79.8 Å². The van der Waals surface area contributed by atoms with E-state index in [9.17, 15) is 0 Å². The van der Waals surface area contributed by atoms with Crippen molar-refractivity contribution in [3.05, 3.63) is 26.7 Å². The zero-order chi connectivity index (χ0) is 15.4. The molecule has 1 fully saturated rings.